The van der Waals surface area contributed by atoms with E-state index in [1.165, 1.54) is 23.9 Å². The van der Waals surface area contributed by atoms with E-state index in [1.807, 2.05) is 41.8 Å². The molecule has 3 aromatic rings. The first-order chi connectivity index (χ1) is 13.3. The number of hydrogen-bond acceptors (Lipinski definition) is 4. The van der Waals surface area contributed by atoms with Gasteiger partial charge in [-0.15, -0.1) is 10.2 Å². The third-order valence-corrected chi connectivity index (χ3v) is 4.86. The quantitative estimate of drug-likeness (QED) is 0.617. The molecule has 0 fully saturated rings. The first-order valence-corrected chi connectivity index (χ1v) is 9.35. The second-order valence-electron chi connectivity index (χ2n) is 6.02. The van der Waals surface area contributed by atoms with Crippen LogP contribution in [-0.2, 0) is 17.5 Å². The van der Waals surface area contributed by atoms with Gasteiger partial charge in [-0.1, -0.05) is 48.2 Å². The summed E-state index contributed by atoms with van der Waals surface area (Å²) >= 11 is 1.18. The summed E-state index contributed by atoms with van der Waals surface area (Å²) in [6.07, 6.45) is -4.46. The SMILES string of the molecule is Cc1nnc(SCC(=O)Nc2cccc(C(F)(F)F)c2)n1Cc1ccccc1. The molecule has 0 aliphatic heterocycles. The minimum absolute atomic E-state index is 0.00314. The lowest BCUT2D eigenvalue weighted by molar-refractivity contribution is -0.137. The summed E-state index contributed by atoms with van der Waals surface area (Å²) in [5, 5.41) is 11.2. The molecule has 0 saturated carbocycles. The second-order valence-corrected chi connectivity index (χ2v) is 6.96. The summed E-state index contributed by atoms with van der Waals surface area (Å²) in [5.74, 6) is 0.296. The fourth-order valence-electron chi connectivity index (χ4n) is 2.52. The number of nitrogens with one attached hydrogen (secondary N) is 1. The second kappa shape index (κ2) is 8.47. The van der Waals surface area contributed by atoms with Gasteiger partial charge in [0.25, 0.3) is 0 Å². The zero-order valence-corrected chi connectivity index (χ0v) is 15.7. The molecule has 9 heteroatoms. The zero-order chi connectivity index (χ0) is 20.1. The number of hydrogen-bond donors (Lipinski definition) is 1. The molecular weight excluding hydrogens is 389 g/mol. The van der Waals surface area contributed by atoms with E-state index in [2.05, 4.69) is 15.5 Å². The molecule has 1 heterocycles. The minimum Gasteiger partial charge on any atom is -0.325 e. The van der Waals surface area contributed by atoms with Crippen molar-refractivity contribution in [3.63, 3.8) is 0 Å². The number of rotatable bonds is 6. The van der Waals surface area contributed by atoms with Crippen molar-refractivity contribution in [2.24, 2.45) is 0 Å². The van der Waals surface area contributed by atoms with Gasteiger partial charge in [-0.25, -0.2) is 0 Å². The van der Waals surface area contributed by atoms with Crippen molar-refractivity contribution in [2.45, 2.75) is 24.8 Å². The van der Waals surface area contributed by atoms with Gasteiger partial charge in [0, 0.05) is 5.69 Å². The largest absolute Gasteiger partial charge is 0.416 e. The first kappa shape index (κ1) is 19.9. The number of amides is 1. The summed E-state index contributed by atoms with van der Waals surface area (Å²) < 4.78 is 40.2. The highest BCUT2D eigenvalue weighted by atomic mass is 32.2. The van der Waals surface area contributed by atoms with E-state index in [1.54, 1.807) is 0 Å². The average molecular weight is 406 g/mol. The van der Waals surface area contributed by atoms with Gasteiger partial charge in [-0.2, -0.15) is 13.2 Å². The van der Waals surface area contributed by atoms with Crippen LogP contribution in [-0.4, -0.2) is 26.4 Å². The molecule has 0 radical (unpaired) electrons. The molecule has 0 aliphatic carbocycles. The first-order valence-electron chi connectivity index (χ1n) is 8.36. The lowest BCUT2D eigenvalue weighted by Crippen LogP contribution is -2.15. The number of carbonyl (C=O) groups excluding carboxylic acids is 1. The Balaban J connectivity index is 1.63. The fraction of sp³-hybridized carbons (Fsp3) is 0.211. The van der Waals surface area contributed by atoms with Crippen molar-refractivity contribution in [1.82, 2.24) is 14.8 Å². The maximum Gasteiger partial charge on any atom is 0.416 e. The van der Waals surface area contributed by atoms with Gasteiger partial charge >= 0.3 is 6.18 Å². The number of benzene rings is 2. The van der Waals surface area contributed by atoms with Crippen LogP contribution in [0.3, 0.4) is 0 Å². The summed E-state index contributed by atoms with van der Waals surface area (Å²) in [6, 6.07) is 14.3. The topological polar surface area (TPSA) is 59.8 Å². The van der Waals surface area contributed by atoms with Crippen molar-refractivity contribution < 1.29 is 18.0 Å². The fourth-order valence-corrected chi connectivity index (χ4v) is 3.30. The number of thioether (sulfide) groups is 1. The maximum absolute atomic E-state index is 12.8. The molecule has 2 aromatic carbocycles. The van der Waals surface area contributed by atoms with E-state index in [0.717, 1.165) is 17.7 Å². The highest BCUT2D eigenvalue weighted by molar-refractivity contribution is 7.99. The highest BCUT2D eigenvalue weighted by Gasteiger charge is 2.30. The van der Waals surface area contributed by atoms with Gasteiger partial charge in [-0.3, -0.25) is 4.79 Å². The Kier molecular flexibility index (Phi) is 6.03. The molecule has 5 nitrogen and oxygen atoms in total. The molecular formula is C19H17F3N4OS. The third-order valence-electron chi connectivity index (χ3n) is 3.89. The van der Waals surface area contributed by atoms with E-state index in [9.17, 15) is 18.0 Å². The Morgan fingerprint density at radius 2 is 1.86 bits per heavy atom. The summed E-state index contributed by atoms with van der Waals surface area (Å²) in [4.78, 5) is 12.2. The van der Waals surface area contributed by atoms with E-state index < -0.39 is 17.6 Å². The lowest BCUT2D eigenvalue weighted by atomic mass is 10.2. The third kappa shape index (κ3) is 5.13. The lowest BCUT2D eigenvalue weighted by Gasteiger charge is -2.10. The number of nitrogens with zero attached hydrogens (tertiary/aromatic N) is 3. The Labute approximate surface area is 164 Å². The molecule has 3 rings (SSSR count). The Morgan fingerprint density at radius 3 is 2.57 bits per heavy atom. The molecule has 0 unspecified atom stereocenters. The van der Waals surface area contributed by atoms with Crippen LogP contribution in [0.1, 0.15) is 17.0 Å². The Bertz CT molecular complexity index is 957. The van der Waals surface area contributed by atoms with Gasteiger partial charge in [0.05, 0.1) is 17.9 Å². The standard InChI is InChI=1S/C19H17F3N4OS/c1-13-24-25-18(26(13)11-14-6-3-2-4-7-14)28-12-17(27)23-16-9-5-8-15(10-16)19(20,21)22/h2-10H,11-12H2,1H3,(H,23,27). The van der Waals surface area contributed by atoms with Crippen molar-refractivity contribution in [3.05, 3.63) is 71.5 Å². The van der Waals surface area contributed by atoms with E-state index in [0.29, 0.717) is 17.5 Å². The number of aromatic nitrogens is 3. The normalized spacial score (nSPS) is 11.4. The molecule has 0 aliphatic rings. The monoisotopic (exact) mass is 406 g/mol. The smallest absolute Gasteiger partial charge is 0.325 e. The summed E-state index contributed by atoms with van der Waals surface area (Å²) in [5.41, 5.74) is 0.360. The molecule has 0 saturated heterocycles. The molecule has 0 atom stereocenters. The van der Waals surface area contributed by atoms with Gasteiger partial charge in [-0.05, 0) is 30.7 Å². The molecule has 146 valence electrons. The maximum atomic E-state index is 12.8. The summed E-state index contributed by atoms with van der Waals surface area (Å²) in [7, 11) is 0. The number of aryl methyl sites for hydroxylation is 1. The Hall–Kier alpha value is -2.81. The van der Waals surface area contributed by atoms with Gasteiger partial charge in [0.1, 0.15) is 5.82 Å². The molecule has 1 N–H and O–H groups in total. The average Bonchev–Trinajstić information content (AvgIpc) is 3.00. The summed E-state index contributed by atoms with van der Waals surface area (Å²) in [6.45, 7) is 2.39. The van der Waals surface area contributed by atoms with Crippen LogP contribution in [0, 0.1) is 6.92 Å². The van der Waals surface area contributed by atoms with Crippen LogP contribution in [0.4, 0.5) is 18.9 Å². The van der Waals surface area contributed by atoms with Crippen molar-refractivity contribution in [3.8, 4) is 0 Å². The number of alkyl halides is 3. The Morgan fingerprint density at radius 1 is 1.11 bits per heavy atom. The van der Waals surface area contributed by atoms with E-state index >= 15 is 0 Å². The number of halogens is 3. The van der Waals surface area contributed by atoms with Gasteiger partial charge in [0.15, 0.2) is 5.16 Å². The van der Waals surface area contributed by atoms with E-state index in [4.69, 9.17) is 0 Å². The highest BCUT2D eigenvalue weighted by Crippen LogP contribution is 2.30. The van der Waals surface area contributed by atoms with Crippen LogP contribution in [0.2, 0.25) is 0 Å². The number of carbonyl (C=O) groups is 1. The molecule has 1 aromatic heterocycles. The van der Waals surface area contributed by atoms with Gasteiger partial charge < -0.3 is 9.88 Å². The molecule has 0 spiro atoms. The predicted molar refractivity (Wildman–Crippen MR) is 101 cm³/mol. The van der Waals surface area contributed by atoms with Crippen LogP contribution in [0.25, 0.3) is 0 Å². The molecule has 28 heavy (non-hydrogen) atoms. The van der Waals surface area contributed by atoms with Crippen molar-refractivity contribution in [1.29, 1.82) is 0 Å². The zero-order valence-electron chi connectivity index (χ0n) is 14.9. The van der Waals surface area contributed by atoms with Crippen LogP contribution < -0.4 is 5.32 Å². The van der Waals surface area contributed by atoms with Crippen molar-refractivity contribution in [2.75, 3.05) is 11.1 Å². The van der Waals surface area contributed by atoms with Gasteiger partial charge in [0.2, 0.25) is 5.91 Å². The van der Waals surface area contributed by atoms with Crippen LogP contribution >= 0.6 is 11.8 Å². The van der Waals surface area contributed by atoms with Crippen LogP contribution in [0.15, 0.2) is 59.8 Å². The predicted octanol–water partition coefficient (Wildman–Crippen LogP) is 4.38. The molecule has 0 bridgehead atoms. The van der Waals surface area contributed by atoms with Crippen LogP contribution in [0.5, 0.6) is 0 Å². The van der Waals surface area contributed by atoms with Crippen molar-refractivity contribution >= 4 is 23.4 Å². The van der Waals surface area contributed by atoms with E-state index in [-0.39, 0.29) is 11.4 Å². The minimum atomic E-state index is -4.46. The molecule has 1 amide bonds. The number of anilines is 1.